The summed E-state index contributed by atoms with van der Waals surface area (Å²) < 4.78 is 37.8. The zero-order chi connectivity index (χ0) is 26.5. The Morgan fingerprint density at radius 3 is 2.86 bits per heavy atom. The van der Waals surface area contributed by atoms with Crippen molar-refractivity contribution in [1.82, 2.24) is 25.7 Å². The number of hydrogen-bond acceptors (Lipinski definition) is 8. The average Bonchev–Trinajstić information content (AvgIpc) is 3.50. The maximum absolute atomic E-state index is 15.1. The first-order valence-electron chi connectivity index (χ1n) is 11.8. The van der Waals surface area contributed by atoms with Crippen LogP contribution in [-0.4, -0.2) is 47.0 Å². The molecule has 0 saturated carbocycles. The van der Waals surface area contributed by atoms with E-state index in [0.717, 1.165) is 12.1 Å². The number of ether oxygens (including phenoxy) is 1. The van der Waals surface area contributed by atoms with Gasteiger partial charge in [-0.25, -0.2) is 13.6 Å². The zero-order valence-electron chi connectivity index (χ0n) is 20.9. The molecule has 2 atom stereocenters. The third-order valence-electron chi connectivity index (χ3n) is 6.21. The highest BCUT2D eigenvalue weighted by atomic mass is 19.1. The molecule has 0 bridgehead atoms. The Hall–Kier alpha value is -4.05. The third kappa shape index (κ3) is 5.39. The highest BCUT2D eigenvalue weighted by molar-refractivity contribution is 5.91. The highest BCUT2D eigenvalue weighted by Gasteiger charge is 2.37. The minimum atomic E-state index is -0.597. The molecule has 1 aromatic heterocycles. The van der Waals surface area contributed by atoms with E-state index >= 15 is 4.39 Å². The van der Waals surface area contributed by atoms with Gasteiger partial charge < -0.3 is 9.26 Å². The molecule has 0 saturated heterocycles. The van der Waals surface area contributed by atoms with Crippen LogP contribution in [0.4, 0.5) is 8.78 Å². The fourth-order valence-electron chi connectivity index (χ4n) is 4.49. The second kappa shape index (κ2) is 11.3. The van der Waals surface area contributed by atoms with E-state index in [2.05, 4.69) is 34.4 Å². The number of nitrogens with one attached hydrogen (secondary N) is 1. The Labute approximate surface area is 214 Å². The summed E-state index contributed by atoms with van der Waals surface area (Å²) >= 11 is 0. The number of alkyl halides is 1. The van der Waals surface area contributed by atoms with Crippen molar-refractivity contribution in [2.24, 2.45) is 11.8 Å². The molecule has 0 amide bonds. The molecular formula is C27H29F2N5O3. The Bertz CT molecular complexity index is 1280. The molecule has 2 unspecified atom stereocenters. The summed E-state index contributed by atoms with van der Waals surface area (Å²) in [6.07, 6.45) is 16.7. The number of nitrogens with zero attached hydrogens (tertiary/aromatic N) is 4. The van der Waals surface area contributed by atoms with Gasteiger partial charge >= 0.3 is 5.97 Å². The fourth-order valence-corrected chi connectivity index (χ4v) is 4.49. The van der Waals surface area contributed by atoms with E-state index < -0.39 is 18.5 Å². The van der Waals surface area contributed by atoms with Crippen molar-refractivity contribution in [2.75, 3.05) is 20.8 Å². The second-order valence-corrected chi connectivity index (χ2v) is 8.77. The van der Waals surface area contributed by atoms with Crippen LogP contribution in [0.25, 0.3) is 11.3 Å². The predicted octanol–water partition coefficient (Wildman–Crippen LogP) is 4.95. The van der Waals surface area contributed by atoms with Crippen LogP contribution in [0.15, 0.2) is 88.6 Å². The van der Waals surface area contributed by atoms with Crippen LogP contribution in [-0.2, 0) is 9.53 Å². The Balaban J connectivity index is 1.73. The number of allylic oxidation sites excluding steroid dienone is 11. The van der Waals surface area contributed by atoms with Crippen molar-refractivity contribution in [3.8, 4) is 0 Å². The van der Waals surface area contributed by atoms with Crippen LogP contribution in [0.5, 0.6) is 0 Å². The maximum atomic E-state index is 15.1. The molecule has 1 N–H and O–H groups in total. The van der Waals surface area contributed by atoms with Crippen molar-refractivity contribution >= 4 is 17.2 Å². The van der Waals surface area contributed by atoms with Crippen LogP contribution < -0.4 is 5.53 Å². The second-order valence-electron chi connectivity index (χ2n) is 8.77. The number of methoxy groups -OCH3 is 1. The first-order valence-corrected chi connectivity index (χ1v) is 11.8. The van der Waals surface area contributed by atoms with Crippen molar-refractivity contribution in [3.05, 3.63) is 95.8 Å². The summed E-state index contributed by atoms with van der Waals surface area (Å²) in [4.78, 5) is 16.4. The van der Waals surface area contributed by atoms with Gasteiger partial charge in [0.1, 0.15) is 18.2 Å². The maximum Gasteiger partial charge on any atom is 0.333 e. The summed E-state index contributed by atoms with van der Waals surface area (Å²) in [5.74, 6) is -1.23. The molecule has 0 radical (unpaired) electrons. The van der Waals surface area contributed by atoms with Crippen LogP contribution in [0.3, 0.4) is 0 Å². The van der Waals surface area contributed by atoms with E-state index in [0.29, 0.717) is 17.8 Å². The Morgan fingerprint density at radius 2 is 2.19 bits per heavy atom. The number of esters is 1. The summed E-state index contributed by atoms with van der Waals surface area (Å²) in [6, 6.07) is 0. The number of rotatable bonds is 8. The molecule has 1 aromatic rings. The van der Waals surface area contributed by atoms with Crippen molar-refractivity contribution in [3.63, 3.8) is 0 Å². The minimum absolute atomic E-state index is 0.0329. The van der Waals surface area contributed by atoms with E-state index in [1.807, 2.05) is 17.2 Å². The van der Waals surface area contributed by atoms with E-state index in [1.54, 1.807) is 37.2 Å². The number of carbonyl (C=O) groups is 1. The lowest BCUT2D eigenvalue weighted by Crippen LogP contribution is -2.38. The summed E-state index contributed by atoms with van der Waals surface area (Å²) in [5.41, 5.74) is 5.80. The summed E-state index contributed by atoms with van der Waals surface area (Å²) in [6.45, 7) is 5.39. The molecule has 194 valence electrons. The predicted molar refractivity (Wildman–Crippen MR) is 136 cm³/mol. The van der Waals surface area contributed by atoms with Crippen LogP contribution in [0, 0.1) is 11.8 Å². The van der Waals surface area contributed by atoms with Gasteiger partial charge in [0, 0.05) is 24.1 Å². The van der Waals surface area contributed by atoms with Crippen molar-refractivity contribution in [1.29, 1.82) is 0 Å². The van der Waals surface area contributed by atoms with Gasteiger partial charge in [0.15, 0.2) is 0 Å². The lowest BCUT2D eigenvalue weighted by molar-refractivity contribution is -0.136. The molecule has 37 heavy (non-hydrogen) atoms. The van der Waals surface area contributed by atoms with E-state index in [4.69, 9.17) is 9.26 Å². The minimum Gasteiger partial charge on any atom is -0.466 e. The molecule has 0 aromatic carbocycles. The Kier molecular flexibility index (Phi) is 7.98. The normalized spacial score (nSPS) is 22.1. The van der Waals surface area contributed by atoms with E-state index in [9.17, 15) is 9.18 Å². The van der Waals surface area contributed by atoms with E-state index in [-0.39, 0.29) is 34.7 Å². The average molecular weight is 510 g/mol. The fraction of sp³-hybridized carbons (Fsp3) is 0.296. The quantitative estimate of drug-likeness (QED) is 0.389. The molecule has 0 spiro atoms. The molecule has 1 aliphatic heterocycles. The molecule has 8 nitrogen and oxygen atoms in total. The lowest BCUT2D eigenvalue weighted by Gasteiger charge is -2.26. The van der Waals surface area contributed by atoms with Gasteiger partial charge in [-0.1, -0.05) is 61.2 Å². The molecule has 4 rings (SSSR count). The van der Waals surface area contributed by atoms with Gasteiger partial charge in [-0.15, -0.1) is 5.53 Å². The number of halogens is 2. The third-order valence-corrected chi connectivity index (χ3v) is 6.21. The first-order chi connectivity index (χ1) is 17.8. The smallest absolute Gasteiger partial charge is 0.333 e. The summed E-state index contributed by atoms with van der Waals surface area (Å²) in [7, 11) is 3.07. The molecule has 10 heteroatoms. The van der Waals surface area contributed by atoms with E-state index in [1.165, 1.54) is 19.3 Å². The first kappa shape index (κ1) is 26.0. The number of carbonyl (C=O) groups excluding carboxylic acids is 1. The highest BCUT2D eigenvalue weighted by Crippen LogP contribution is 2.39. The topological polar surface area (TPSA) is 83.7 Å². The standard InChI is InChI=1S/C27H29F2N5O3/c1-17-15-20(27(35)36-4)16-21(29)22(17)25-30-26(37-31-25)24-23(19-12-8-5-9-13-19)34(32-33(24)3)18(2)11-7-6-10-14-28/h5-12,16-17,19,32H,2,13-15H2,1,3-4H3/b10-6-,11-7-. The van der Waals surface area contributed by atoms with Gasteiger partial charge in [-0.05, 0) is 30.9 Å². The molecule has 2 aliphatic carbocycles. The van der Waals surface area contributed by atoms with Crippen molar-refractivity contribution in [2.45, 2.75) is 19.8 Å². The summed E-state index contributed by atoms with van der Waals surface area (Å²) in [5, 5.41) is 7.62. The number of hydrazine groups is 2. The van der Waals surface area contributed by atoms with Crippen LogP contribution in [0.2, 0.25) is 0 Å². The van der Waals surface area contributed by atoms with Gasteiger partial charge in [-0.2, -0.15) is 4.98 Å². The van der Waals surface area contributed by atoms with Gasteiger partial charge in [0.05, 0.1) is 18.5 Å². The SMILES string of the molecule is C=C(/C=C\C=C/CF)N1NN(C)C(c2nc(C3=C(F)C=C(C(=O)OC)CC3C)no2)=C1C1C=CC=CC1. The van der Waals surface area contributed by atoms with Gasteiger partial charge in [0.2, 0.25) is 5.82 Å². The molecule has 0 fully saturated rings. The number of aromatic nitrogens is 2. The van der Waals surface area contributed by atoms with Gasteiger partial charge in [0.25, 0.3) is 5.89 Å². The zero-order valence-corrected chi connectivity index (χ0v) is 20.9. The Morgan fingerprint density at radius 1 is 1.38 bits per heavy atom. The molecular weight excluding hydrogens is 480 g/mol. The number of hydrogen-bond donors (Lipinski definition) is 1. The van der Waals surface area contributed by atoms with Crippen molar-refractivity contribution < 1.29 is 22.8 Å². The lowest BCUT2D eigenvalue weighted by atomic mass is 9.87. The molecule has 3 aliphatic rings. The largest absolute Gasteiger partial charge is 0.466 e. The monoisotopic (exact) mass is 509 g/mol. The van der Waals surface area contributed by atoms with Crippen LogP contribution >= 0.6 is 0 Å². The van der Waals surface area contributed by atoms with Gasteiger partial charge in [-0.3, -0.25) is 10.0 Å². The van der Waals surface area contributed by atoms with Crippen LogP contribution in [0.1, 0.15) is 31.5 Å². The molecule has 2 heterocycles.